The number of hydrogen-bond acceptors (Lipinski definition) is 6. The SMILES string of the molecule is CC/C(C)=C/CC/C(C)=C/CC1CCCC1=O.CC/C(C)=C/CC/C(C)=C/CC1CCCC1O.CC1=CC(=O)CC(CC(C)C)C1.CCC(C)CCCC(C)CCC1CCCC1=O.CCC(C)CCCC(C)CCC1CCCC1O.CCCCC1CC(=O)C=C(C)C1. The maximum atomic E-state index is 11.5. The first kappa shape index (κ1) is 87.1. The van der Waals surface area contributed by atoms with Crippen molar-refractivity contribution in [3.63, 3.8) is 0 Å². The number of aliphatic hydroxyl groups excluding tert-OH is 2. The number of hydrogen-bond donors (Lipinski definition) is 2. The minimum Gasteiger partial charge on any atom is -0.393 e. The zero-order valence-corrected chi connectivity index (χ0v) is 63.8. The predicted molar refractivity (Wildman–Crippen MR) is 400 cm³/mol. The molecule has 0 saturated heterocycles. The smallest absolute Gasteiger partial charge is 0.155 e. The average Bonchev–Trinajstić information content (AvgIpc) is 3.51. The van der Waals surface area contributed by atoms with E-state index in [1.54, 1.807) is 6.08 Å². The van der Waals surface area contributed by atoms with Crippen LogP contribution in [0.5, 0.6) is 0 Å². The molecule has 6 aliphatic rings. The van der Waals surface area contributed by atoms with Crippen LogP contribution in [0.1, 0.15) is 375 Å². The van der Waals surface area contributed by atoms with E-state index in [9.17, 15) is 29.4 Å². The van der Waals surface area contributed by atoms with Crippen LogP contribution in [0.2, 0.25) is 0 Å². The summed E-state index contributed by atoms with van der Waals surface area (Å²) in [6, 6.07) is 0. The first-order valence-electron chi connectivity index (χ1n) is 39.3. The monoisotopic (exact) mass is 1280 g/mol. The third kappa shape index (κ3) is 44.0. The van der Waals surface area contributed by atoms with E-state index in [2.05, 4.69) is 142 Å². The molecule has 4 fully saturated rings. The Kier molecular flexibility index (Phi) is 50.3. The van der Waals surface area contributed by atoms with E-state index in [1.807, 2.05) is 6.08 Å². The second kappa shape index (κ2) is 53.1. The lowest BCUT2D eigenvalue weighted by Gasteiger charge is -2.21. The summed E-state index contributed by atoms with van der Waals surface area (Å²) in [7, 11) is 0. The van der Waals surface area contributed by atoms with Gasteiger partial charge in [-0.25, -0.2) is 0 Å². The van der Waals surface area contributed by atoms with Gasteiger partial charge in [0.05, 0.1) is 12.2 Å². The Bertz CT molecular complexity index is 2160. The minimum atomic E-state index is -0.0405. The highest BCUT2D eigenvalue weighted by atomic mass is 16.3. The van der Waals surface area contributed by atoms with Gasteiger partial charge in [0.1, 0.15) is 11.6 Å². The molecule has 0 spiro atoms. The molecule has 0 aromatic rings. The lowest BCUT2D eigenvalue weighted by molar-refractivity contribution is -0.121. The second-order valence-electron chi connectivity index (χ2n) is 31.6. The average molecular weight is 1280 g/mol. The van der Waals surface area contributed by atoms with Crippen molar-refractivity contribution >= 4 is 23.1 Å². The molecule has 0 aromatic carbocycles. The maximum absolute atomic E-state index is 11.5. The van der Waals surface area contributed by atoms with Crippen LogP contribution >= 0.6 is 0 Å². The fourth-order valence-corrected chi connectivity index (χ4v) is 14.5. The number of carbonyl (C=O) groups is 4. The number of ketones is 4. The van der Waals surface area contributed by atoms with Crippen LogP contribution in [-0.4, -0.2) is 45.6 Å². The summed E-state index contributed by atoms with van der Waals surface area (Å²) in [5.41, 5.74) is 8.41. The molecule has 0 radical (unpaired) electrons. The van der Waals surface area contributed by atoms with Crippen molar-refractivity contribution in [1.82, 2.24) is 0 Å². The number of rotatable bonds is 33. The Labute approximate surface area is 571 Å². The standard InChI is InChI=1S/C16H32O.C16H30O.C16H28O.C16H26O.2C11H18O/c4*1-4-13(2)7-5-8-14(3)11-12-15-9-6-10-16(15)17;1-8(2)4-10-5-9(3)6-11(12)7-10;1-3-4-5-10-6-9(2)7-11(12)8-10/h13-17H,4-12H2,1-3H3;13-15H,4-12H2,1-3H3;7,11,15-17H,4-6,8-10,12H2,1-3H3;7,11,15H,4-6,8-10,12H2,1-3H3;6,8,10H,4-5,7H2,1-3H3;7,10H,3-6,8H2,1-2H3/b;;2*13-7+,14-11+;;. The van der Waals surface area contributed by atoms with Gasteiger partial charge < -0.3 is 10.2 Å². The van der Waals surface area contributed by atoms with Crippen LogP contribution in [0.4, 0.5) is 0 Å². The molecule has 532 valence electrons. The molecule has 12 atom stereocenters. The molecule has 92 heavy (non-hydrogen) atoms. The van der Waals surface area contributed by atoms with Gasteiger partial charge in [0.15, 0.2) is 11.6 Å². The Morgan fingerprint density at radius 3 is 1.34 bits per heavy atom. The summed E-state index contributed by atoms with van der Waals surface area (Å²) >= 11 is 0. The molecular formula is C86H152O6. The number of aliphatic hydroxyl groups is 2. The summed E-state index contributed by atoms with van der Waals surface area (Å²) in [5.74, 6) is 9.00. The molecule has 12 unspecified atom stereocenters. The fourth-order valence-electron chi connectivity index (χ4n) is 14.5. The molecule has 6 nitrogen and oxygen atoms in total. The molecule has 6 heteroatoms. The van der Waals surface area contributed by atoms with Crippen molar-refractivity contribution in [2.45, 2.75) is 387 Å². The van der Waals surface area contributed by atoms with Crippen LogP contribution in [0.3, 0.4) is 0 Å². The van der Waals surface area contributed by atoms with Crippen molar-refractivity contribution in [2.75, 3.05) is 0 Å². The van der Waals surface area contributed by atoms with Gasteiger partial charge in [0.2, 0.25) is 0 Å². The lowest BCUT2D eigenvalue weighted by Crippen LogP contribution is -2.14. The van der Waals surface area contributed by atoms with Crippen LogP contribution in [-0.2, 0) is 19.2 Å². The van der Waals surface area contributed by atoms with Crippen molar-refractivity contribution in [3.05, 3.63) is 69.9 Å². The van der Waals surface area contributed by atoms with E-state index in [1.165, 1.54) is 168 Å². The highest BCUT2D eigenvalue weighted by molar-refractivity contribution is 5.91. The molecular weight excluding hydrogens is 1130 g/mol. The highest BCUT2D eigenvalue weighted by Gasteiger charge is 2.27. The Hall–Kier alpha value is -2.96. The van der Waals surface area contributed by atoms with Gasteiger partial charge in [-0.2, -0.15) is 0 Å². The van der Waals surface area contributed by atoms with Crippen molar-refractivity contribution in [1.29, 1.82) is 0 Å². The third-order valence-corrected chi connectivity index (χ3v) is 21.8. The third-order valence-electron chi connectivity index (χ3n) is 21.8. The van der Waals surface area contributed by atoms with E-state index >= 15 is 0 Å². The lowest BCUT2D eigenvalue weighted by atomic mass is 9.83. The number of carbonyl (C=O) groups excluding carboxylic acids is 4. The number of unbranched alkanes of at least 4 members (excludes halogenated alkanes) is 1. The molecule has 6 rings (SSSR count). The molecule has 0 bridgehead atoms. The summed E-state index contributed by atoms with van der Waals surface area (Å²) in [5, 5.41) is 19.5. The van der Waals surface area contributed by atoms with Crippen LogP contribution < -0.4 is 0 Å². The molecule has 4 saturated carbocycles. The van der Waals surface area contributed by atoms with Gasteiger partial charge in [-0.1, -0.05) is 224 Å². The largest absolute Gasteiger partial charge is 0.393 e. The quantitative estimate of drug-likeness (QED) is 0.0634. The molecule has 0 aromatic heterocycles. The van der Waals surface area contributed by atoms with E-state index in [0.717, 1.165) is 146 Å². The molecule has 0 aliphatic heterocycles. The van der Waals surface area contributed by atoms with Gasteiger partial charge >= 0.3 is 0 Å². The van der Waals surface area contributed by atoms with Gasteiger partial charge in [0, 0.05) is 37.5 Å². The van der Waals surface area contributed by atoms with E-state index in [-0.39, 0.29) is 12.2 Å². The van der Waals surface area contributed by atoms with E-state index < -0.39 is 0 Å². The zero-order valence-electron chi connectivity index (χ0n) is 63.8. The van der Waals surface area contributed by atoms with E-state index in [0.29, 0.717) is 64.6 Å². The summed E-state index contributed by atoms with van der Waals surface area (Å²) in [4.78, 5) is 45.4. The topological polar surface area (TPSA) is 109 Å². The summed E-state index contributed by atoms with van der Waals surface area (Å²) in [6.45, 7) is 38.0. The highest BCUT2D eigenvalue weighted by Crippen LogP contribution is 2.34. The first-order valence-corrected chi connectivity index (χ1v) is 39.3. The van der Waals surface area contributed by atoms with Gasteiger partial charge in [-0.05, 0) is 248 Å². The predicted octanol–water partition coefficient (Wildman–Crippen LogP) is 25.3. The van der Waals surface area contributed by atoms with E-state index in [4.69, 9.17) is 0 Å². The fraction of sp³-hybridized carbons (Fsp3) is 0.814. The van der Waals surface area contributed by atoms with Crippen LogP contribution in [0.25, 0.3) is 0 Å². The van der Waals surface area contributed by atoms with Crippen molar-refractivity contribution in [3.8, 4) is 0 Å². The van der Waals surface area contributed by atoms with Crippen molar-refractivity contribution < 1.29 is 29.4 Å². The Morgan fingerprint density at radius 1 is 0.467 bits per heavy atom. The number of allylic oxidation sites excluding steroid dienone is 12. The normalized spacial score (nSPS) is 25.0. The van der Waals surface area contributed by atoms with Gasteiger partial charge in [0.25, 0.3) is 0 Å². The minimum absolute atomic E-state index is 0.0160. The zero-order chi connectivity index (χ0) is 68.8. The second-order valence-corrected chi connectivity index (χ2v) is 31.6. The van der Waals surface area contributed by atoms with Crippen LogP contribution in [0.15, 0.2) is 69.9 Å². The van der Waals surface area contributed by atoms with Crippen LogP contribution in [0, 0.1) is 65.1 Å². The molecule has 0 amide bonds. The van der Waals surface area contributed by atoms with Gasteiger partial charge in [-0.3, -0.25) is 19.2 Å². The Morgan fingerprint density at radius 2 is 0.913 bits per heavy atom. The summed E-state index contributed by atoms with van der Waals surface area (Å²) in [6.07, 6.45) is 59.7. The first-order chi connectivity index (χ1) is 43.8. The Balaban J connectivity index is 0.000000555. The number of Topliss-reactive ketones (excluding diaryl/α,β-unsaturated/α-hetero) is 2. The van der Waals surface area contributed by atoms with Gasteiger partial charge in [-0.15, -0.1) is 0 Å². The molecule has 6 aliphatic carbocycles. The van der Waals surface area contributed by atoms with Crippen molar-refractivity contribution in [2.24, 2.45) is 65.1 Å². The molecule has 0 heterocycles. The molecule has 2 N–H and O–H groups in total. The summed E-state index contributed by atoms with van der Waals surface area (Å²) < 4.78 is 0. The maximum Gasteiger partial charge on any atom is 0.155 e.